The Labute approximate surface area is 177 Å². The van der Waals surface area contributed by atoms with Gasteiger partial charge in [-0.15, -0.1) is 0 Å². The summed E-state index contributed by atoms with van der Waals surface area (Å²) in [7, 11) is 1.53. The van der Waals surface area contributed by atoms with Gasteiger partial charge in [-0.25, -0.2) is 0 Å². The lowest BCUT2D eigenvalue weighted by Gasteiger charge is -2.11. The topological polar surface area (TPSA) is 107 Å². The van der Waals surface area contributed by atoms with Gasteiger partial charge in [0.05, 0.1) is 28.0 Å². The second-order valence-electron chi connectivity index (χ2n) is 5.89. The molecule has 148 valence electrons. The van der Waals surface area contributed by atoms with E-state index in [1.54, 1.807) is 24.3 Å². The van der Waals surface area contributed by atoms with Crippen LogP contribution in [0.25, 0.3) is 6.08 Å². The standard InChI is InChI=1S/C19H13BrN2O6S/c1-28-16-7-2-11(8-14(16)20)9-17-18(24)21(19(25)29-17)10-15(23)12-3-5-13(6-4-12)22(26)27/h2-9H,10H2,1H3/b17-9+. The highest BCUT2D eigenvalue weighted by Gasteiger charge is 2.36. The van der Waals surface area contributed by atoms with E-state index in [0.29, 0.717) is 15.8 Å². The molecule has 1 saturated heterocycles. The molecule has 3 rings (SSSR count). The molecule has 2 aromatic carbocycles. The molecule has 29 heavy (non-hydrogen) atoms. The number of ether oxygens (including phenoxy) is 1. The largest absolute Gasteiger partial charge is 0.496 e. The number of hydrogen-bond donors (Lipinski definition) is 0. The van der Waals surface area contributed by atoms with Crippen molar-refractivity contribution in [3.05, 3.63) is 73.1 Å². The molecule has 0 saturated carbocycles. The van der Waals surface area contributed by atoms with Crippen molar-refractivity contribution in [2.45, 2.75) is 0 Å². The summed E-state index contributed by atoms with van der Waals surface area (Å²) >= 11 is 4.10. The van der Waals surface area contributed by atoms with Gasteiger partial charge in [0.2, 0.25) is 0 Å². The number of non-ortho nitro benzene ring substituents is 1. The number of halogens is 1. The molecule has 0 bridgehead atoms. The molecular weight excluding hydrogens is 464 g/mol. The molecule has 0 unspecified atom stereocenters. The summed E-state index contributed by atoms with van der Waals surface area (Å²) in [6, 6.07) is 10.2. The lowest BCUT2D eigenvalue weighted by molar-refractivity contribution is -0.384. The van der Waals surface area contributed by atoms with E-state index in [1.807, 2.05) is 0 Å². The normalized spacial score (nSPS) is 15.1. The molecule has 1 aliphatic heterocycles. The molecule has 2 aromatic rings. The van der Waals surface area contributed by atoms with E-state index in [-0.39, 0.29) is 16.2 Å². The molecular formula is C19H13BrN2O6S. The van der Waals surface area contributed by atoms with Gasteiger partial charge in [0.15, 0.2) is 5.78 Å². The minimum Gasteiger partial charge on any atom is -0.496 e. The minimum absolute atomic E-state index is 0.152. The third kappa shape index (κ3) is 4.54. The summed E-state index contributed by atoms with van der Waals surface area (Å²) in [6.07, 6.45) is 1.56. The molecule has 10 heteroatoms. The number of rotatable bonds is 6. The van der Waals surface area contributed by atoms with Crippen LogP contribution in [0.15, 0.2) is 51.8 Å². The van der Waals surface area contributed by atoms with Gasteiger partial charge in [0.1, 0.15) is 5.75 Å². The van der Waals surface area contributed by atoms with E-state index < -0.39 is 28.4 Å². The zero-order valence-corrected chi connectivity index (χ0v) is 17.4. The number of methoxy groups -OCH3 is 1. The molecule has 1 fully saturated rings. The van der Waals surface area contributed by atoms with E-state index in [9.17, 15) is 24.5 Å². The number of nitro benzene ring substituents is 1. The number of carbonyl (C=O) groups is 3. The molecule has 8 nitrogen and oxygen atoms in total. The average Bonchev–Trinajstić information content (AvgIpc) is 2.95. The molecule has 0 aliphatic carbocycles. The smallest absolute Gasteiger partial charge is 0.293 e. The van der Waals surface area contributed by atoms with Crippen LogP contribution in [0.1, 0.15) is 15.9 Å². The van der Waals surface area contributed by atoms with Crippen LogP contribution in [-0.4, -0.2) is 40.4 Å². The first-order chi connectivity index (χ1) is 13.8. The highest BCUT2D eigenvalue weighted by molar-refractivity contribution is 9.10. The van der Waals surface area contributed by atoms with Gasteiger partial charge in [0, 0.05) is 17.7 Å². The maximum Gasteiger partial charge on any atom is 0.293 e. The van der Waals surface area contributed by atoms with Gasteiger partial charge in [-0.1, -0.05) is 6.07 Å². The van der Waals surface area contributed by atoms with Crippen molar-refractivity contribution >= 4 is 56.4 Å². The fourth-order valence-electron chi connectivity index (χ4n) is 2.56. The third-order valence-electron chi connectivity index (χ3n) is 4.05. The number of Topliss-reactive ketones (excluding diaryl/α,β-unsaturated/α-hetero) is 1. The number of nitro groups is 1. The highest BCUT2D eigenvalue weighted by atomic mass is 79.9. The van der Waals surface area contributed by atoms with Crippen molar-refractivity contribution < 1.29 is 24.0 Å². The molecule has 0 spiro atoms. The zero-order valence-electron chi connectivity index (χ0n) is 15.0. The van der Waals surface area contributed by atoms with Gasteiger partial charge in [-0.3, -0.25) is 29.4 Å². The van der Waals surface area contributed by atoms with E-state index in [2.05, 4.69) is 15.9 Å². The Morgan fingerprint density at radius 2 is 1.93 bits per heavy atom. The Hall–Kier alpha value is -2.98. The molecule has 0 atom stereocenters. The van der Waals surface area contributed by atoms with E-state index in [4.69, 9.17) is 4.74 Å². The summed E-state index contributed by atoms with van der Waals surface area (Å²) < 4.78 is 5.85. The van der Waals surface area contributed by atoms with Crippen LogP contribution in [0.4, 0.5) is 10.5 Å². The number of benzene rings is 2. The summed E-state index contributed by atoms with van der Waals surface area (Å²) in [4.78, 5) is 48.4. The monoisotopic (exact) mass is 476 g/mol. The first kappa shape index (κ1) is 20.7. The minimum atomic E-state index is -0.576. The van der Waals surface area contributed by atoms with Crippen LogP contribution < -0.4 is 4.74 Å². The van der Waals surface area contributed by atoms with Crippen LogP contribution >= 0.6 is 27.7 Å². The average molecular weight is 477 g/mol. The predicted molar refractivity (Wildman–Crippen MR) is 111 cm³/mol. The molecule has 0 aromatic heterocycles. The van der Waals surface area contributed by atoms with Crippen molar-refractivity contribution in [2.75, 3.05) is 13.7 Å². The Kier molecular flexibility index (Phi) is 6.14. The fourth-order valence-corrected chi connectivity index (χ4v) is 3.96. The third-order valence-corrected chi connectivity index (χ3v) is 5.58. The van der Waals surface area contributed by atoms with Crippen LogP contribution in [-0.2, 0) is 4.79 Å². The lowest BCUT2D eigenvalue weighted by Crippen LogP contribution is -2.33. The van der Waals surface area contributed by atoms with Crippen molar-refractivity contribution in [2.24, 2.45) is 0 Å². The summed E-state index contributed by atoms with van der Waals surface area (Å²) in [5.74, 6) is -0.429. The first-order valence-electron chi connectivity index (χ1n) is 8.16. The van der Waals surface area contributed by atoms with E-state index >= 15 is 0 Å². The summed E-state index contributed by atoms with van der Waals surface area (Å²) in [6.45, 7) is -0.438. The van der Waals surface area contributed by atoms with E-state index in [1.165, 1.54) is 31.4 Å². The van der Waals surface area contributed by atoms with Crippen LogP contribution in [0.3, 0.4) is 0 Å². The van der Waals surface area contributed by atoms with Gasteiger partial charge < -0.3 is 4.74 Å². The Balaban J connectivity index is 1.75. The van der Waals surface area contributed by atoms with Crippen LogP contribution in [0.5, 0.6) is 5.75 Å². The molecule has 0 radical (unpaired) electrons. The lowest BCUT2D eigenvalue weighted by atomic mass is 10.1. The van der Waals surface area contributed by atoms with Crippen molar-refractivity contribution in [1.82, 2.24) is 4.90 Å². The Bertz CT molecular complexity index is 1050. The number of imide groups is 1. The van der Waals surface area contributed by atoms with Crippen molar-refractivity contribution in [1.29, 1.82) is 0 Å². The summed E-state index contributed by atoms with van der Waals surface area (Å²) in [5.41, 5.74) is 0.712. The number of nitrogens with zero attached hydrogens (tertiary/aromatic N) is 2. The van der Waals surface area contributed by atoms with Gasteiger partial charge >= 0.3 is 0 Å². The predicted octanol–water partition coefficient (Wildman–Crippen LogP) is 4.29. The quantitative estimate of drug-likeness (QED) is 0.265. The van der Waals surface area contributed by atoms with Crippen molar-refractivity contribution in [3.63, 3.8) is 0 Å². The van der Waals surface area contributed by atoms with E-state index in [0.717, 1.165) is 16.7 Å². The summed E-state index contributed by atoms with van der Waals surface area (Å²) in [5, 5.41) is 10.1. The second-order valence-corrected chi connectivity index (χ2v) is 7.74. The first-order valence-corrected chi connectivity index (χ1v) is 9.77. The second kappa shape index (κ2) is 8.58. The molecule has 0 N–H and O–H groups in total. The number of ketones is 1. The van der Waals surface area contributed by atoms with Crippen LogP contribution in [0, 0.1) is 10.1 Å². The Morgan fingerprint density at radius 1 is 1.24 bits per heavy atom. The molecule has 1 heterocycles. The van der Waals surface area contributed by atoms with Crippen molar-refractivity contribution in [3.8, 4) is 5.75 Å². The number of amides is 2. The number of carbonyl (C=O) groups excluding carboxylic acids is 3. The van der Waals surface area contributed by atoms with Crippen LogP contribution in [0.2, 0.25) is 0 Å². The SMILES string of the molecule is COc1ccc(/C=C2/SC(=O)N(CC(=O)c3ccc([N+](=O)[O-])cc3)C2=O)cc1Br. The maximum atomic E-state index is 12.6. The fraction of sp³-hybridized carbons (Fsp3) is 0.105. The maximum absolute atomic E-state index is 12.6. The van der Waals surface area contributed by atoms with Gasteiger partial charge in [-0.05, 0) is 63.6 Å². The Morgan fingerprint density at radius 3 is 2.52 bits per heavy atom. The molecule has 2 amide bonds. The van der Waals surface area contributed by atoms with Gasteiger partial charge in [-0.2, -0.15) is 0 Å². The zero-order chi connectivity index (χ0) is 21.1. The number of hydrogen-bond acceptors (Lipinski definition) is 7. The van der Waals surface area contributed by atoms with Gasteiger partial charge in [0.25, 0.3) is 16.8 Å². The highest BCUT2D eigenvalue weighted by Crippen LogP contribution is 2.34. The molecule has 1 aliphatic rings. The number of thioether (sulfide) groups is 1.